The van der Waals surface area contributed by atoms with Gasteiger partial charge in [0.2, 0.25) is 0 Å². The molecule has 0 spiro atoms. The van der Waals surface area contributed by atoms with E-state index >= 15 is 0 Å². The number of nitriles is 1. The largest absolute Gasteiger partial charge is 0.309 e. The Labute approximate surface area is 130 Å². The van der Waals surface area contributed by atoms with E-state index in [1.807, 2.05) is 12.1 Å². The van der Waals surface area contributed by atoms with Gasteiger partial charge in [0.25, 0.3) is 0 Å². The monoisotopic (exact) mass is 352 g/mol. The molecule has 0 fully saturated rings. The Kier molecular flexibility index (Phi) is 5.13. The van der Waals surface area contributed by atoms with E-state index in [1.54, 1.807) is 18.2 Å². The molecule has 2 aromatic rings. The highest BCUT2D eigenvalue weighted by molar-refractivity contribution is 9.10. The van der Waals surface area contributed by atoms with Crippen molar-refractivity contribution in [1.29, 1.82) is 5.26 Å². The zero-order chi connectivity index (χ0) is 14.5. The number of hydrogen-bond acceptors (Lipinski definition) is 2. The molecule has 20 heavy (non-hydrogen) atoms. The van der Waals surface area contributed by atoms with Crippen LogP contribution in [0.3, 0.4) is 0 Å². The van der Waals surface area contributed by atoms with E-state index in [0.29, 0.717) is 23.7 Å². The Bertz CT molecular complexity index is 667. The normalized spacial score (nSPS) is 10.3. The Hall–Kier alpha value is -1.41. The second-order valence-electron chi connectivity index (χ2n) is 4.26. The van der Waals surface area contributed by atoms with E-state index in [1.165, 1.54) is 12.1 Å². The summed E-state index contributed by atoms with van der Waals surface area (Å²) in [5.74, 6) is -0.263. The van der Waals surface area contributed by atoms with Gasteiger partial charge in [-0.1, -0.05) is 33.6 Å². The van der Waals surface area contributed by atoms with Crippen molar-refractivity contribution in [2.75, 3.05) is 0 Å². The van der Waals surface area contributed by atoms with Crippen LogP contribution in [0.5, 0.6) is 0 Å². The summed E-state index contributed by atoms with van der Waals surface area (Å²) < 4.78 is 14.0. The van der Waals surface area contributed by atoms with E-state index in [4.69, 9.17) is 16.9 Å². The van der Waals surface area contributed by atoms with Crippen LogP contribution >= 0.6 is 27.5 Å². The van der Waals surface area contributed by atoms with Gasteiger partial charge in [-0.2, -0.15) is 5.26 Å². The van der Waals surface area contributed by atoms with Gasteiger partial charge in [-0.25, -0.2) is 4.39 Å². The number of benzene rings is 2. The number of hydrogen-bond donors (Lipinski definition) is 1. The minimum Gasteiger partial charge on any atom is -0.309 e. The maximum atomic E-state index is 13.1. The Morgan fingerprint density at radius 2 is 1.90 bits per heavy atom. The van der Waals surface area contributed by atoms with Crippen molar-refractivity contribution in [1.82, 2.24) is 5.32 Å². The third kappa shape index (κ3) is 3.80. The van der Waals surface area contributed by atoms with Gasteiger partial charge in [0, 0.05) is 22.6 Å². The molecule has 0 aliphatic carbocycles. The molecule has 0 aliphatic heterocycles. The smallest absolute Gasteiger partial charge is 0.123 e. The molecule has 0 aliphatic rings. The lowest BCUT2D eigenvalue weighted by atomic mass is 10.1. The molecule has 5 heteroatoms. The third-order valence-electron chi connectivity index (χ3n) is 2.82. The second-order valence-corrected chi connectivity index (χ2v) is 5.52. The molecule has 0 aromatic heterocycles. The van der Waals surface area contributed by atoms with Crippen molar-refractivity contribution in [3.63, 3.8) is 0 Å². The molecule has 2 rings (SSSR count). The fourth-order valence-corrected chi connectivity index (χ4v) is 2.41. The molecular formula is C15H11BrClFN2. The highest BCUT2D eigenvalue weighted by Gasteiger charge is 2.04. The first-order chi connectivity index (χ1) is 9.60. The van der Waals surface area contributed by atoms with Gasteiger partial charge in [-0.15, -0.1) is 0 Å². The topological polar surface area (TPSA) is 35.8 Å². The van der Waals surface area contributed by atoms with Crippen LogP contribution in [0.2, 0.25) is 5.02 Å². The highest BCUT2D eigenvalue weighted by Crippen LogP contribution is 2.19. The van der Waals surface area contributed by atoms with Gasteiger partial charge in [0.05, 0.1) is 11.6 Å². The summed E-state index contributed by atoms with van der Waals surface area (Å²) in [4.78, 5) is 0. The minimum absolute atomic E-state index is 0.263. The highest BCUT2D eigenvalue weighted by atomic mass is 79.9. The fourth-order valence-electron chi connectivity index (χ4n) is 1.77. The van der Waals surface area contributed by atoms with E-state index in [-0.39, 0.29) is 5.82 Å². The van der Waals surface area contributed by atoms with Crippen LogP contribution in [-0.2, 0) is 13.1 Å². The van der Waals surface area contributed by atoms with E-state index in [0.717, 1.165) is 15.6 Å². The van der Waals surface area contributed by atoms with Crippen molar-refractivity contribution >= 4 is 27.5 Å². The Morgan fingerprint density at radius 3 is 2.60 bits per heavy atom. The summed E-state index contributed by atoms with van der Waals surface area (Å²) in [6, 6.07) is 11.8. The fraction of sp³-hybridized carbons (Fsp3) is 0.133. The maximum Gasteiger partial charge on any atom is 0.123 e. The van der Waals surface area contributed by atoms with Crippen molar-refractivity contribution in [3.8, 4) is 6.07 Å². The van der Waals surface area contributed by atoms with Crippen LogP contribution in [-0.4, -0.2) is 0 Å². The van der Waals surface area contributed by atoms with Crippen LogP contribution in [0.25, 0.3) is 0 Å². The summed E-state index contributed by atoms with van der Waals surface area (Å²) in [7, 11) is 0. The molecule has 0 amide bonds. The lowest BCUT2D eigenvalue weighted by Gasteiger charge is -2.08. The molecule has 0 saturated carbocycles. The van der Waals surface area contributed by atoms with Crippen LogP contribution in [0, 0.1) is 17.1 Å². The quantitative estimate of drug-likeness (QED) is 0.884. The van der Waals surface area contributed by atoms with Gasteiger partial charge in [0.1, 0.15) is 5.82 Å². The number of halogens is 3. The standard InChI is InChI=1S/C15H11BrClFN2/c16-14-4-3-13(18)6-12(14)9-20-8-11-2-1-10(7-19)5-15(11)17/h1-6,20H,8-9H2. The molecule has 0 atom stereocenters. The molecule has 1 N–H and O–H groups in total. The summed E-state index contributed by atoms with van der Waals surface area (Å²) >= 11 is 9.47. The van der Waals surface area contributed by atoms with Crippen molar-refractivity contribution in [2.45, 2.75) is 13.1 Å². The van der Waals surface area contributed by atoms with Crippen molar-refractivity contribution < 1.29 is 4.39 Å². The summed E-state index contributed by atoms with van der Waals surface area (Å²) in [6.07, 6.45) is 0. The van der Waals surface area contributed by atoms with Crippen LogP contribution in [0.4, 0.5) is 4.39 Å². The molecule has 2 nitrogen and oxygen atoms in total. The van der Waals surface area contributed by atoms with E-state index in [2.05, 4.69) is 21.2 Å². The van der Waals surface area contributed by atoms with E-state index < -0.39 is 0 Å². The minimum atomic E-state index is -0.263. The van der Waals surface area contributed by atoms with Gasteiger partial charge >= 0.3 is 0 Å². The zero-order valence-corrected chi connectivity index (χ0v) is 12.8. The molecule has 0 saturated heterocycles. The van der Waals surface area contributed by atoms with Crippen LogP contribution in [0.15, 0.2) is 40.9 Å². The molecule has 0 bridgehead atoms. The second kappa shape index (κ2) is 6.85. The lowest BCUT2D eigenvalue weighted by molar-refractivity contribution is 0.619. The number of nitrogens with one attached hydrogen (secondary N) is 1. The summed E-state index contributed by atoms with van der Waals surface area (Å²) in [6.45, 7) is 1.07. The molecule has 0 radical (unpaired) electrons. The molecule has 2 aromatic carbocycles. The van der Waals surface area contributed by atoms with Crippen molar-refractivity contribution in [2.24, 2.45) is 0 Å². The SMILES string of the molecule is N#Cc1ccc(CNCc2cc(F)ccc2Br)c(Cl)c1. The van der Waals surface area contributed by atoms with Gasteiger partial charge in [-0.3, -0.25) is 0 Å². The maximum absolute atomic E-state index is 13.1. The first-order valence-corrected chi connectivity index (χ1v) is 7.10. The van der Waals surface area contributed by atoms with E-state index in [9.17, 15) is 4.39 Å². The van der Waals surface area contributed by atoms with Crippen LogP contribution < -0.4 is 5.32 Å². The van der Waals surface area contributed by atoms with Gasteiger partial charge < -0.3 is 5.32 Å². The summed E-state index contributed by atoms with van der Waals surface area (Å²) in [5.41, 5.74) is 2.28. The Morgan fingerprint density at radius 1 is 1.15 bits per heavy atom. The zero-order valence-electron chi connectivity index (χ0n) is 10.5. The average molecular weight is 354 g/mol. The lowest BCUT2D eigenvalue weighted by Crippen LogP contribution is -2.13. The van der Waals surface area contributed by atoms with Gasteiger partial charge in [0.15, 0.2) is 0 Å². The predicted octanol–water partition coefficient (Wildman–Crippen LogP) is 4.40. The van der Waals surface area contributed by atoms with Crippen LogP contribution in [0.1, 0.15) is 16.7 Å². The average Bonchev–Trinajstić information content (AvgIpc) is 2.44. The first kappa shape index (κ1) is 15.0. The Balaban J connectivity index is 2.00. The van der Waals surface area contributed by atoms with Gasteiger partial charge in [-0.05, 0) is 41.5 Å². The number of nitrogens with zero attached hydrogens (tertiary/aromatic N) is 1. The molecule has 102 valence electrons. The number of rotatable bonds is 4. The summed E-state index contributed by atoms with van der Waals surface area (Å²) in [5, 5.41) is 12.5. The molecule has 0 unspecified atom stereocenters. The molecular weight excluding hydrogens is 343 g/mol. The first-order valence-electron chi connectivity index (χ1n) is 5.93. The van der Waals surface area contributed by atoms with Crippen molar-refractivity contribution in [3.05, 3.63) is 68.4 Å². The predicted molar refractivity (Wildman–Crippen MR) is 80.8 cm³/mol. The molecule has 0 heterocycles. The third-order valence-corrected chi connectivity index (χ3v) is 3.95.